The second-order valence-corrected chi connectivity index (χ2v) is 5.60. The second kappa shape index (κ2) is 5.31. The van der Waals surface area contributed by atoms with Crippen LogP contribution in [-0.2, 0) is 6.54 Å². The van der Waals surface area contributed by atoms with E-state index < -0.39 is 12.2 Å². The van der Waals surface area contributed by atoms with Crippen LogP contribution in [0.15, 0.2) is 52.9 Å². The Morgan fingerprint density at radius 1 is 0.957 bits per heavy atom. The lowest BCUT2D eigenvalue weighted by atomic mass is 9.88. The van der Waals surface area contributed by atoms with Crippen LogP contribution in [0, 0.1) is 0 Å². The first-order chi connectivity index (χ1) is 11.2. The second-order valence-electron chi connectivity index (χ2n) is 5.60. The number of benzene rings is 2. The zero-order valence-corrected chi connectivity index (χ0v) is 12.3. The molecule has 0 fully saturated rings. The third kappa shape index (κ3) is 2.17. The van der Waals surface area contributed by atoms with Crippen molar-refractivity contribution in [1.82, 2.24) is 4.98 Å². The molecule has 23 heavy (non-hydrogen) atoms. The van der Waals surface area contributed by atoms with Gasteiger partial charge in [0.25, 0.3) is 0 Å². The van der Waals surface area contributed by atoms with Crippen molar-refractivity contribution in [3.63, 3.8) is 0 Å². The Balaban J connectivity index is 1.80. The van der Waals surface area contributed by atoms with Gasteiger partial charge in [-0.1, -0.05) is 36.4 Å². The lowest BCUT2D eigenvalue weighted by Gasteiger charge is -2.23. The molecule has 116 valence electrons. The summed E-state index contributed by atoms with van der Waals surface area (Å²) in [6.07, 6.45) is -1.82. The third-order valence-corrected chi connectivity index (χ3v) is 4.21. The van der Waals surface area contributed by atoms with Crippen molar-refractivity contribution in [2.75, 3.05) is 0 Å². The number of oxazole rings is 1. The fourth-order valence-corrected chi connectivity index (χ4v) is 2.94. The molecule has 0 amide bonds. The lowest BCUT2D eigenvalue weighted by Crippen LogP contribution is -2.16. The van der Waals surface area contributed by atoms with Gasteiger partial charge in [-0.15, -0.1) is 0 Å². The smallest absolute Gasteiger partial charge is 0.226 e. The highest BCUT2D eigenvalue weighted by molar-refractivity contribution is 5.56. The molecule has 4 rings (SSSR count). The van der Waals surface area contributed by atoms with E-state index in [1.807, 2.05) is 36.4 Å². The summed E-state index contributed by atoms with van der Waals surface area (Å²) in [6.45, 7) is 0.467. The summed E-state index contributed by atoms with van der Waals surface area (Å²) in [5.74, 6) is 0.679. The van der Waals surface area contributed by atoms with Crippen molar-refractivity contribution in [1.29, 1.82) is 0 Å². The van der Waals surface area contributed by atoms with Crippen LogP contribution < -0.4 is 5.73 Å². The maximum atomic E-state index is 10.5. The summed E-state index contributed by atoms with van der Waals surface area (Å²) < 4.78 is 5.75. The minimum absolute atomic E-state index is 0.300. The van der Waals surface area contributed by atoms with E-state index >= 15 is 0 Å². The van der Waals surface area contributed by atoms with Crippen molar-refractivity contribution in [3.8, 4) is 11.5 Å². The topological polar surface area (TPSA) is 92.5 Å². The van der Waals surface area contributed by atoms with E-state index in [0.29, 0.717) is 35.0 Å². The van der Waals surface area contributed by atoms with E-state index in [0.717, 1.165) is 11.1 Å². The van der Waals surface area contributed by atoms with Gasteiger partial charge in [0.15, 0.2) is 5.76 Å². The van der Waals surface area contributed by atoms with Crippen LogP contribution in [-0.4, -0.2) is 15.2 Å². The molecule has 1 aromatic heterocycles. The standard InChI is InChI=1S/C18H16N2O3/c19-9-10-5-7-11(8-6-10)18-20-14-15(21)12-3-1-2-4-13(12)16(22)17(14)23-18/h1-8,15-16,21-22H,9,19H2. The molecule has 2 unspecified atom stereocenters. The zero-order valence-electron chi connectivity index (χ0n) is 12.3. The summed E-state index contributed by atoms with van der Waals surface area (Å²) in [7, 11) is 0. The Kier molecular flexibility index (Phi) is 3.27. The minimum atomic E-state index is -0.922. The van der Waals surface area contributed by atoms with Gasteiger partial charge in [-0.2, -0.15) is 0 Å². The predicted octanol–water partition coefficient (Wildman–Crippen LogP) is 2.28. The average molecular weight is 308 g/mol. The molecular formula is C18H16N2O3. The Labute approximate surface area is 133 Å². The molecule has 0 saturated heterocycles. The monoisotopic (exact) mass is 308 g/mol. The van der Waals surface area contributed by atoms with Gasteiger partial charge < -0.3 is 20.4 Å². The van der Waals surface area contributed by atoms with E-state index in [1.165, 1.54) is 0 Å². The van der Waals surface area contributed by atoms with Gasteiger partial charge >= 0.3 is 0 Å². The van der Waals surface area contributed by atoms with Gasteiger partial charge in [0.1, 0.15) is 17.9 Å². The minimum Gasteiger partial charge on any atom is -0.438 e. The van der Waals surface area contributed by atoms with Crippen LogP contribution in [0.25, 0.3) is 11.5 Å². The van der Waals surface area contributed by atoms with Crippen molar-refractivity contribution in [2.24, 2.45) is 5.73 Å². The number of nitrogens with two attached hydrogens (primary N) is 1. The van der Waals surface area contributed by atoms with E-state index in [9.17, 15) is 10.2 Å². The molecule has 2 aromatic carbocycles. The highest BCUT2D eigenvalue weighted by Crippen LogP contribution is 2.42. The first-order valence-electron chi connectivity index (χ1n) is 7.44. The summed E-state index contributed by atoms with van der Waals surface area (Å²) >= 11 is 0. The highest BCUT2D eigenvalue weighted by atomic mass is 16.4. The number of hydrogen-bond donors (Lipinski definition) is 3. The van der Waals surface area contributed by atoms with Gasteiger partial charge in [-0.3, -0.25) is 0 Å². The molecule has 2 atom stereocenters. The number of fused-ring (bicyclic) bond motifs is 2. The van der Waals surface area contributed by atoms with Crippen molar-refractivity contribution in [2.45, 2.75) is 18.8 Å². The van der Waals surface area contributed by atoms with Gasteiger partial charge in [0.05, 0.1) is 0 Å². The third-order valence-electron chi connectivity index (χ3n) is 4.21. The number of aliphatic hydroxyl groups is 2. The van der Waals surface area contributed by atoms with Crippen LogP contribution in [0.1, 0.15) is 40.4 Å². The van der Waals surface area contributed by atoms with E-state index in [1.54, 1.807) is 12.1 Å². The van der Waals surface area contributed by atoms with Gasteiger partial charge in [-0.05, 0) is 28.8 Å². The zero-order chi connectivity index (χ0) is 16.0. The Morgan fingerprint density at radius 2 is 1.61 bits per heavy atom. The number of rotatable bonds is 2. The lowest BCUT2D eigenvalue weighted by molar-refractivity contribution is 0.151. The van der Waals surface area contributed by atoms with E-state index in [2.05, 4.69) is 4.98 Å². The van der Waals surface area contributed by atoms with Crippen LogP contribution >= 0.6 is 0 Å². The summed E-state index contributed by atoms with van der Waals surface area (Å²) in [6, 6.07) is 14.8. The molecule has 0 bridgehead atoms. The molecule has 3 aromatic rings. The van der Waals surface area contributed by atoms with Crippen molar-refractivity contribution in [3.05, 3.63) is 76.7 Å². The summed E-state index contributed by atoms with van der Waals surface area (Å²) in [5, 5.41) is 21.0. The quantitative estimate of drug-likeness (QED) is 0.675. The molecule has 0 spiro atoms. The molecule has 0 saturated carbocycles. The first kappa shape index (κ1) is 14.1. The number of aliphatic hydroxyl groups excluding tert-OH is 2. The average Bonchev–Trinajstić information content (AvgIpc) is 3.05. The molecule has 4 N–H and O–H groups in total. The van der Waals surface area contributed by atoms with E-state index in [-0.39, 0.29) is 0 Å². The normalized spacial score (nSPS) is 19.3. The summed E-state index contributed by atoms with van der Waals surface area (Å²) in [5.41, 5.74) is 9.06. The Hall–Kier alpha value is -2.47. The largest absolute Gasteiger partial charge is 0.438 e. The predicted molar refractivity (Wildman–Crippen MR) is 84.4 cm³/mol. The van der Waals surface area contributed by atoms with Gasteiger partial charge in [0.2, 0.25) is 5.89 Å². The first-order valence-corrected chi connectivity index (χ1v) is 7.44. The number of aromatic nitrogens is 1. The van der Waals surface area contributed by atoms with Crippen LogP contribution in [0.3, 0.4) is 0 Å². The van der Waals surface area contributed by atoms with Crippen LogP contribution in [0.2, 0.25) is 0 Å². The highest BCUT2D eigenvalue weighted by Gasteiger charge is 2.35. The van der Waals surface area contributed by atoms with Crippen molar-refractivity contribution < 1.29 is 14.6 Å². The van der Waals surface area contributed by atoms with Crippen LogP contribution in [0.4, 0.5) is 0 Å². The fraction of sp³-hybridized carbons (Fsp3) is 0.167. The SMILES string of the molecule is NCc1ccc(-c2nc3c(o2)C(O)c2ccccc2C3O)cc1. The van der Waals surface area contributed by atoms with Gasteiger partial charge in [-0.25, -0.2) is 4.98 Å². The van der Waals surface area contributed by atoms with Crippen molar-refractivity contribution >= 4 is 0 Å². The number of nitrogens with zero attached hydrogens (tertiary/aromatic N) is 1. The number of hydrogen-bond acceptors (Lipinski definition) is 5. The van der Waals surface area contributed by atoms with Gasteiger partial charge in [0, 0.05) is 12.1 Å². The molecule has 5 heteroatoms. The molecule has 0 aliphatic heterocycles. The maximum Gasteiger partial charge on any atom is 0.226 e. The van der Waals surface area contributed by atoms with Crippen LogP contribution in [0.5, 0.6) is 0 Å². The fourth-order valence-electron chi connectivity index (χ4n) is 2.94. The molecule has 1 aliphatic carbocycles. The maximum absolute atomic E-state index is 10.5. The molecule has 1 heterocycles. The Morgan fingerprint density at radius 3 is 2.26 bits per heavy atom. The Bertz CT molecular complexity index is 808. The molecule has 0 radical (unpaired) electrons. The molecule has 5 nitrogen and oxygen atoms in total. The van der Waals surface area contributed by atoms with E-state index in [4.69, 9.17) is 10.2 Å². The summed E-state index contributed by atoms with van der Waals surface area (Å²) in [4.78, 5) is 4.40. The molecule has 1 aliphatic rings. The molecular weight excluding hydrogens is 292 g/mol.